The molecule has 0 aromatic rings. The molecule has 0 radical (unpaired) electrons. The van der Waals surface area contributed by atoms with E-state index in [0.29, 0.717) is 0 Å². The number of hydrogen-bond donors (Lipinski definition) is 1. The Hall–Kier alpha value is -0.0800. The molecular weight excluding hydrogens is 184 g/mol. The van der Waals surface area contributed by atoms with Crippen molar-refractivity contribution in [1.29, 1.82) is 0 Å². The molecule has 1 N–H and O–H groups in total. The van der Waals surface area contributed by atoms with Gasteiger partial charge in [0, 0.05) is 19.1 Å². The normalized spacial score (nSPS) is 28.0. The van der Waals surface area contributed by atoms with Crippen molar-refractivity contribution < 1.29 is 0 Å². The molecule has 1 saturated heterocycles. The summed E-state index contributed by atoms with van der Waals surface area (Å²) in [6.45, 7) is 7.42. The topological polar surface area (TPSA) is 15.3 Å². The Balaban J connectivity index is 1.68. The molecule has 0 aromatic carbocycles. The van der Waals surface area contributed by atoms with Crippen molar-refractivity contribution in [2.45, 2.75) is 51.5 Å². The lowest BCUT2D eigenvalue weighted by Crippen LogP contribution is -2.45. The van der Waals surface area contributed by atoms with E-state index in [1.165, 1.54) is 64.7 Å². The second-order valence-electron chi connectivity index (χ2n) is 5.30. The van der Waals surface area contributed by atoms with E-state index in [9.17, 15) is 0 Å². The summed E-state index contributed by atoms with van der Waals surface area (Å²) in [6.07, 6.45) is 8.64. The van der Waals surface area contributed by atoms with E-state index in [4.69, 9.17) is 0 Å². The van der Waals surface area contributed by atoms with Crippen LogP contribution in [0, 0.1) is 5.92 Å². The molecular formula is C13H26N2. The predicted octanol–water partition coefficient (Wildman–Crippen LogP) is 2.25. The van der Waals surface area contributed by atoms with Gasteiger partial charge in [0.05, 0.1) is 0 Å². The van der Waals surface area contributed by atoms with Crippen LogP contribution >= 0.6 is 0 Å². The Morgan fingerprint density at radius 3 is 2.47 bits per heavy atom. The Morgan fingerprint density at radius 2 is 1.93 bits per heavy atom. The maximum atomic E-state index is 3.65. The molecule has 0 bridgehead atoms. The van der Waals surface area contributed by atoms with Crippen molar-refractivity contribution in [3.8, 4) is 0 Å². The Kier molecular flexibility index (Phi) is 4.45. The average Bonchev–Trinajstić information content (AvgIpc) is 2.23. The highest BCUT2D eigenvalue weighted by Gasteiger charge is 2.22. The van der Waals surface area contributed by atoms with Gasteiger partial charge in [-0.25, -0.2) is 0 Å². The summed E-state index contributed by atoms with van der Waals surface area (Å²) in [5.74, 6) is 1.02. The van der Waals surface area contributed by atoms with Gasteiger partial charge in [0.25, 0.3) is 0 Å². The standard InChI is InChI=1S/C13H26N2/c1-2-15(10-12-6-5-7-12)11-13-8-3-4-9-14-13/h12-14H,2-11H2,1H3. The molecule has 1 unspecified atom stereocenters. The van der Waals surface area contributed by atoms with Crippen LogP contribution in [-0.4, -0.2) is 37.1 Å². The molecule has 1 heterocycles. The fourth-order valence-electron chi connectivity index (χ4n) is 2.76. The zero-order valence-electron chi connectivity index (χ0n) is 10.2. The summed E-state index contributed by atoms with van der Waals surface area (Å²) in [7, 11) is 0. The van der Waals surface area contributed by atoms with Crippen LogP contribution in [0.5, 0.6) is 0 Å². The van der Waals surface area contributed by atoms with Gasteiger partial charge in [0.2, 0.25) is 0 Å². The van der Waals surface area contributed by atoms with Gasteiger partial charge in [-0.2, -0.15) is 0 Å². The van der Waals surface area contributed by atoms with Crippen molar-refractivity contribution >= 4 is 0 Å². The quantitative estimate of drug-likeness (QED) is 0.749. The number of nitrogens with one attached hydrogen (secondary N) is 1. The van der Waals surface area contributed by atoms with E-state index < -0.39 is 0 Å². The third-order valence-corrected chi connectivity index (χ3v) is 4.08. The van der Waals surface area contributed by atoms with E-state index in [1.54, 1.807) is 0 Å². The monoisotopic (exact) mass is 210 g/mol. The van der Waals surface area contributed by atoms with Gasteiger partial charge in [-0.3, -0.25) is 0 Å². The van der Waals surface area contributed by atoms with E-state index in [1.807, 2.05) is 0 Å². The number of rotatable bonds is 5. The molecule has 0 aromatic heterocycles. The fraction of sp³-hybridized carbons (Fsp3) is 1.00. The molecule has 2 aliphatic rings. The van der Waals surface area contributed by atoms with Crippen LogP contribution in [-0.2, 0) is 0 Å². The number of hydrogen-bond acceptors (Lipinski definition) is 2. The minimum absolute atomic E-state index is 0.777. The average molecular weight is 210 g/mol. The Bertz CT molecular complexity index is 171. The number of nitrogens with zero attached hydrogens (tertiary/aromatic N) is 1. The number of piperidine rings is 1. The predicted molar refractivity (Wildman–Crippen MR) is 65.1 cm³/mol. The summed E-state index contributed by atoms with van der Waals surface area (Å²) >= 11 is 0. The minimum atomic E-state index is 0.777. The second kappa shape index (κ2) is 5.86. The maximum Gasteiger partial charge on any atom is 0.0195 e. The molecule has 1 aliphatic carbocycles. The van der Waals surface area contributed by atoms with Crippen molar-refractivity contribution in [3.05, 3.63) is 0 Å². The molecule has 2 fully saturated rings. The lowest BCUT2D eigenvalue weighted by molar-refractivity contribution is 0.163. The van der Waals surface area contributed by atoms with Gasteiger partial charge in [-0.15, -0.1) is 0 Å². The molecule has 2 heteroatoms. The van der Waals surface area contributed by atoms with E-state index in [0.717, 1.165) is 12.0 Å². The Labute approximate surface area is 94.4 Å². The van der Waals surface area contributed by atoms with Gasteiger partial charge in [-0.05, 0) is 44.7 Å². The van der Waals surface area contributed by atoms with Crippen LogP contribution in [0.3, 0.4) is 0 Å². The summed E-state index contributed by atoms with van der Waals surface area (Å²) < 4.78 is 0. The molecule has 2 rings (SSSR count). The van der Waals surface area contributed by atoms with Crippen molar-refractivity contribution in [1.82, 2.24) is 10.2 Å². The molecule has 0 amide bonds. The van der Waals surface area contributed by atoms with Crippen LogP contribution in [0.2, 0.25) is 0 Å². The van der Waals surface area contributed by atoms with Crippen LogP contribution in [0.25, 0.3) is 0 Å². The first-order valence-electron chi connectivity index (χ1n) is 6.84. The van der Waals surface area contributed by atoms with Gasteiger partial charge < -0.3 is 10.2 Å². The van der Waals surface area contributed by atoms with Gasteiger partial charge in [-0.1, -0.05) is 19.8 Å². The third-order valence-electron chi connectivity index (χ3n) is 4.08. The molecule has 15 heavy (non-hydrogen) atoms. The molecule has 1 saturated carbocycles. The lowest BCUT2D eigenvalue weighted by atomic mass is 9.85. The van der Waals surface area contributed by atoms with Gasteiger partial charge in [0.1, 0.15) is 0 Å². The van der Waals surface area contributed by atoms with Crippen molar-refractivity contribution in [3.63, 3.8) is 0 Å². The maximum absolute atomic E-state index is 3.65. The summed E-state index contributed by atoms with van der Waals surface area (Å²) in [5, 5.41) is 3.65. The lowest BCUT2D eigenvalue weighted by Gasteiger charge is -2.35. The van der Waals surface area contributed by atoms with E-state index >= 15 is 0 Å². The highest BCUT2D eigenvalue weighted by atomic mass is 15.1. The molecule has 88 valence electrons. The third kappa shape index (κ3) is 3.46. The molecule has 1 aliphatic heterocycles. The van der Waals surface area contributed by atoms with Crippen LogP contribution in [0.1, 0.15) is 45.4 Å². The highest BCUT2D eigenvalue weighted by Crippen LogP contribution is 2.27. The summed E-state index contributed by atoms with van der Waals surface area (Å²) in [5.41, 5.74) is 0. The van der Waals surface area contributed by atoms with E-state index in [2.05, 4.69) is 17.1 Å². The fourth-order valence-corrected chi connectivity index (χ4v) is 2.76. The van der Waals surface area contributed by atoms with Crippen LogP contribution < -0.4 is 5.32 Å². The van der Waals surface area contributed by atoms with Crippen LogP contribution in [0.15, 0.2) is 0 Å². The zero-order valence-corrected chi connectivity index (χ0v) is 10.2. The zero-order chi connectivity index (χ0) is 10.5. The van der Waals surface area contributed by atoms with Gasteiger partial charge >= 0.3 is 0 Å². The van der Waals surface area contributed by atoms with Crippen molar-refractivity contribution in [2.75, 3.05) is 26.2 Å². The molecule has 1 atom stereocenters. The first-order valence-corrected chi connectivity index (χ1v) is 6.84. The second-order valence-corrected chi connectivity index (χ2v) is 5.30. The van der Waals surface area contributed by atoms with Crippen molar-refractivity contribution in [2.24, 2.45) is 5.92 Å². The van der Waals surface area contributed by atoms with E-state index in [-0.39, 0.29) is 0 Å². The largest absolute Gasteiger partial charge is 0.313 e. The highest BCUT2D eigenvalue weighted by molar-refractivity contribution is 4.79. The molecule has 2 nitrogen and oxygen atoms in total. The molecule has 0 spiro atoms. The van der Waals surface area contributed by atoms with Crippen LogP contribution in [0.4, 0.5) is 0 Å². The smallest absolute Gasteiger partial charge is 0.0195 e. The minimum Gasteiger partial charge on any atom is -0.313 e. The number of likely N-dealkylation sites (N-methyl/N-ethyl adjacent to an activating group) is 1. The SMILES string of the molecule is CCN(CC1CCC1)CC1CCCCN1. The van der Waals surface area contributed by atoms with Gasteiger partial charge in [0.15, 0.2) is 0 Å². The Morgan fingerprint density at radius 1 is 1.07 bits per heavy atom. The summed E-state index contributed by atoms with van der Waals surface area (Å²) in [4.78, 5) is 2.66. The first-order chi connectivity index (χ1) is 7.38. The summed E-state index contributed by atoms with van der Waals surface area (Å²) in [6, 6.07) is 0.777. The first kappa shape index (κ1) is 11.4.